The Bertz CT molecular complexity index is 896. The predicted octanol–water partition coefficient (Wildman–Crippen LogP) is 5.82. The molecule has 1 heterocycles. The van der Waals surface area contributed by atoms with Crippen molar-refractivity contribution < 1.29 is 9.21 Å². The van der Waals surface area contributed by atoms with Crippen molar-refractivity contribution in [2.24, 2.45) is 0 Å². The van der Waals surface area contributed by atoms with Gasteiger partial charge in [-0.05, 0) is 42.5 Å². The quantitative estimate of drug-likeness (QED) is 0.501. The third-order valence-electron chi connectivity index (χ3n) is 3.19. The predicted molar refractivity (Wildman–Crippen MR) is 105 cm³/mol. The van der Waals surface area contributed by atoms with Crippen molar-refractivity contribution in [3.05, 3.63) is 57.5 Å². The molecule has 0 aliphatic rings. The van der Waals surface area contributed by atoms with Crippen molar-refractivity contribution in [2.45, 2.75) is 11.3 Å². The van der Waals surface area contributed by atoms with Crippen LogP contribution in [0.3, 0.4) is 0 Å². The first-order chi connectivity index (χ1) is 12.5. The first-order valence-electron chi connectivity index (χ1n) is 7.48. The highest BCUT2D eigenvalue weighted by molar-refractivity contribution is 7.99. The normalized spacial score (nSPS) is 10.7. The Kier molecular flexibility index (Phi) is 6.43. The Labute approximate surface area is 169 Å². The van der Waals surface area contributed by atoms with Crippen LogP contribution in [0, 0.1) is 0 Å². The molecule has 0 saturated carbocycles. The van der Waals surface area contributed by atoms with Gasteiger partial charge in [0.2, 0.25) is 11.8 Å². The van der Waals surface area contributed by atoms with E-state index >= 15 is 0 Å². The van der Waals surface area contributed by atoms with Crippen molar-refractivity contribution in [3.8, 4) is 11.5 Å². The van der Waals surface area contributed by atoms with Crippen LogP contribution in [0.4, 0.5) is 6.01 Å². The van der Waals surface area contributed by atoms with E-state index < -0.39 is 0 Å². The van der Waals surface area contributed by atoms with Crippen LogP contribution >= 0.6 is 46.6 Å². The maximum atomic E-state index is 12.0. The van der Waals surface area contributed by atoms with Crippen LogP contribution in [0.5, 0.6) is 0 Å². The minimum atomic E-state index is -0.217. The van der Waals surface area contributed by atoms with Crippen LogP contribution in [0.1, 0.15) is 6.42 Å². The molecule has 0 saturated heterocycles. The van der Waals surface area contributed by atoms with Gasteiger partial charge in [-0.15, -0.1) is 16.9 Å². The molecule has 2 aromatic carbocycles. The topological polar surface area (TPSA) is 68.0 Å². The Morgan fingerprint density at radius 3 is 2.38 bits per heavy atom. The number of hydrogen-bond donors (Lipinski definition) is 1. The average molecular weight is 429 g/mol. The second-order valence-electron chi connectivity index (χ2n) is 5.17. The van der Waals surface area contributed by atoms with Gasteiger partial charge < -0.3 is 4.42 Å². The first-order valence-corrected chi connectivity index (χ1v) is 9.60. The smallest absolute Gasteiger partial charge is 0.322 e. The van der Waals surface area contributed by atoms with Crippen LogP contribution in [-0.4, -0.2) is 21.9 Å². The maximum Gasteiger partial charge on any atom is 0.322 e. The number of benzene rings is 2. The summed E-state index contributed by atoms with van der Waals surface area (Å²) >= 11 is 19.3. The lowest BCUT2D eigenvalue weighted by molar-refractivity contribution is -0.115. The number of thioether (sulfide) groups is 1. The van der Waals surface area contributed by atoms with Crippen molar-refractivity contribution in [2.75, 3.05) is 11.1 Å². The lowest BCUT2D eigenvalue weighted by Gasteiger charge is -2.02. The largest absolute Gasteiger partial charge is 0.403 e. The fourth-order valence-corrected chi connectivity index (χ4v) is 3.55. The van der Waals surface area contributed by atoms with Gasteiger partial charge in [0.25, 0.3) is 0 Å². The zero-order chi connectivity index (χ0) is 18.5. The van der Waals surface area contributed by atoms with Crippen molar-refractivity contribution in [1.29, 1.82) is 0 Å². The number of nitrogens with one attached hydrogen (secondary N) is 1. The number of amides is 1. The molecule has 1 amide bonds. The van der Waals surface area contributed by atoms with E-state index in [1.54, 1.807) is 30.0 Å². The molecule has 3 rings (SSSR count). The number of nitrogens with zero attached hydrogens (tertiary/aromatic N) is 2. The van der Waals surface area contributed by atoms with Gasteiger partial charge >= 0.3 is 6.01 Å². The van der Waals surface area contributed by atoms with E-state index in [9.17, 15) is 4.79 Å². The maximum absolute atomic E-state index is 12.0. The molecule has 0 spiro atoms. The Morgan fingerprint density at radius 2 is 1.69 bits per heavy atom. The molecule has 0 atom stereocenters. The lowest BCUT2D eigenvalue weighted by Crippen LogP contribution is -2.12. The average Bonchev–Trinajstić information content (AvgIpc) is 3.04. The summed E-state index contributed by atoms with van der Waals surface area (Å²) in [6, 6.07) is 12.4. The molecule has 134 valence electrons. The van der Waals surface area contributed by atoms with Crippen LogP contribution in [0.25, 0.3) is 11.5 Å². The molecule has 0 unspecified atom stereocenters. The summed E-state index contributed by atoms with van der Waals surface area (Å²) in [5, 5.41) is 11.9. The summed E-state index contributed by atoms with van der Waals surface area (Å²) in [6.45, 7) is 0. The van der Waals surface area contributed by atoms with E-state index in [0.29, 0.717) is 32.8 Å². The van der Waals surface area contributed by atoms with Crippen molar-refractivity contribution >= 4 is 58.5 Å². The Morgan fingerprint density at radius 1 is 1.00 bits per heavy atom. The number of carbonyl (C=O) groups is 1. The summed E-state index contributed by atoms with van der Waals surface area (Å²) in [4.78, 5) is 13.0. The molecule has 0 aliphatic heterocycles. The molecule has 0 bridgehead atoms. The number of anilines is 1. The lowest BCUT2D eigenvalue weighted by atomic mass is 10.2. The zero-order valence-corrected chi connectivity index (χ0v) is 16.3. The van der Waals surface area contributed by atoms with E-state index in [1.165, 1.54) is 0 Å². The first kappa shape index (κ1) is 19.0. The van der Waals surface area contributed by atoms with Gasteiger partial charge in [0.1, 0.15) is 0 Å². The fraction of sp³-hybridized carbons (Fsp3) is 0.118. The van der Waals surface area contributed by atoms with Gasteiger partial charge in [0.15, 0.2) is 0 Å². The number of carbonyl (C=O) groups excluding carboxylic acids is 1. The van der Waals surface area contributed by atoms with Crippen LogP contribution < -0.4 is 5.32 Å². The molecular formula is C17H12Cl3N3O2S. The summed E-state index contributed by atoms with van der Waals surface area (Å²) in [5.41, 5.74) is 0.578. The third kappa shape index (κ3) is 5.38. The van der Waals surface area contributed by atoms with Gasteiger partial charge in [0.05, 0.1) is 0 Å². The van der Waals surface area contributed by atoms with Crippen LogP contribution in [0.2, 0.25) is 15.1 Å². The minimum absolute atomic E-state index is 0.0255. The highest BCUT2D eigenvalue weighted by Gasteiger charge is 2.12. The van der Waals surface area contributed by atoms with Crippen LogP contribution in [-0.2, 0) is 4.79 Å². The summed E-state index contributed by atoms with van der Waals surface area (Å²) in [7, 11) is 0. The van der Waals surface area contributed by atoms with Gasteiger partial charge in [-0.1, -0.05) is 39.9 Å². The minimum Gasteiger partial charge on any atom is -0.403 e. The van der Waals surface area contributed by atoms with E-state index in [1.807, 2.05) is 24.3 Å². The number of halogens is 3. The molecule has 5 nitrogen and oxygen atoms in total. The molecule has 9 heteroatoms. The van der Waals surface area contributed by atoms with Crippen molar-refractivity contribution in [3.63, 3.8) is 0 Å². The molecule has 1 aromatic heterocycles. The number of hydrogen-bond acceptors (Lipinski definition) is 5. The van der Waals surface area contributed by atoms with Crippen LogP contribution in [0.15, 0.2) is 51.8 Å². The van der Waals surface area contributed by atoms with Gasteiger partial charge in [-0.3, -0.25) is 10.1 Å². The fourth-order valence-electron chi connectivity index (χ4n) is 2.04. The molecule has 0 aliphatic carbocycles. The second kappa shape index (κ2) is 8.77. The monoisotopic (exact) mass is 427 g/mol. The van der Waals surface area contributed by atoms with E-state index in [-0.39, 0.29) is 17.8 Å². The molecule has 26 heavy (non-hydrogen) atoms. The molecule has 1 N–H and O–H groups in total. The zero-order valence-electron chi connectivity index (χ0n) is 13.2. The summed E-state index contributed by atoms with van der Waals surface area (Å²) in [5.74, 6) is 0.615. The SMILES string of the molecule is O=C(CCSc1ccc(Cl)cc1)Nc1nnc(-c2cc(Cl)cc(Cl)c2)o1. The molecule has 0 radical (unpaired) electrons. The van der Waals surface area contributed by atoms with Gasteiger partial charge in [-0.25, -0.2) is 0 Å². The Hall–Kier alpha value is -1.73. The standard InChI is InChI=1S/C17H12Cl3N3O2S/c18-11-1-3-14(4-2-11)26-6-5-15(24)21-17-23-22-16(25-17)10-7-12(19)9-13(20)8-10/h1-4,7-9H,5-6H2,(H,21,23,24). The second-order valence-corrected chi connectivity index (χ2v) is 7.65. The third-order valence-corrected chi connectivity index (χ3v) is 4.89. The highest BCUT2D eigenvalue weighted by atomic mass is 35.5. The Balaban J connectivity index is 1.53. The molecular weight excluding hydrogens is 417 g/mol. The summed E-state index contributed by atoms with van der Waals surface area (Å²) in [6.07, 6.45) is 0.300. The highest BCUT2D eigenvalue weighted by Crippen LogP contribution is 2.27. The van der Waals surface area contributed by atoms with Gasteiger partial charge in [-0.2, -0.15) is 0 Å². The van der Waals surface area contributed by atoms with Crippen molar-refractivity contribution in [1.82, 2.24) is 10.2 Å². The van der Waals surface area contributed by atoms with Gasteiger partial charge in [0, 0.05) is 37.7 Å². The molecule has 0 fully saturated rings. The number of rotatable bonds is 6. The van der Waals surface area contributed by atoms with E-state index in [2.05, 4.69) is 15.5 Å². The summed E-state index contributed by atoms with van der Waals surface area (Å²) < 4.78 is 5.44. The van der Waals surface area contributed by atoms with E-state index in [0.717, 1.165) is 4.90 Å². The number of aromatic nitrogens is 2. The van der Waals surface area contributed by atoms with E-state index in [4.69, 9.17) is 39.2 Å². The molecule has 3 aromatic rings.